The largest absolute Gasteiger partial charge is 0.496 e. The van der Waals surface area contributed by atoms with Crippen LogP contribution in [0.3, 0.4) is 0 Å². The summed E-state index contributed by atoms with van der Waals surface area (Å²) in [6, 6.07) is 19.4. The summed E-state index contributed by atoms with van der Waals surface area (Å²) >= 11 is 0. The van der Waals surface area contributed by atoms with Crippen LogP contribution in [-0.2, 0) is 11.2 Å². The number of methoxy groups -OCH3 is 1. The Morgan fingerprint density at radius 1 is 1.11 bits per heavy atom. The van der Waals surface area contributed by atoms with Crippen LogP contribution in [0.1, 0.15) is 11.1 Å². The number of nitrogens with zero attached hydrogens (tertiary/aromatic N) is 2. The Morgan fingerprint density at radius 2 is 1.93 bits per heavy atom. The van der Waals surface area contributed by atoms with Crippen molar-refractivity contribution in [2.24, 2.45) is 0 Å². The first-order valence-corrected chi connectivity index (χ1v) is 9.10. The van der Waals surface area contributed by atoms with E-state index >= 15 is 0 Å². The number of aromatic nitrogens is 2. The molecule has 0 fully saturated rings. The molecule has 2 aromatic heterocycles. The molecule has 1 N–H and O–H groups in total. The van der Waals surface area contributed by atoms with Crippen LogP contribution in [-0.4, -0.2) is 22.4 Å². The number of nitrogens with one attached hydrogen (secondary N) is 1. The maximum atomic E-state index is 12.4. The molecule has 0 bridgehead atoms. The highest BCUT2D eigenvalue weighted by Gasteiger charge is 2.08. The fourth-order valence-electron chi connectivity index (χ4n) is 3.24. The maximum absolute atomic E-state index is 12.4. The average Bonchev–Trinajstić information content (AvgIpc) is 3.13. The number of aryl methyl sites for hydroxylation is 1. The predicted octanol–water partition coefficient (Wildman–Crippen LogP) is 4.50. The van der Waals surface area contributed by atoms with Crippen molar-refractivity contribution in [1.29, 1.82) is 0 Å². The molecule has 2 heterocycles. The van der Waals surface area contributed by atoms with Crippen LogP contribution < -0.4 is 10.1 Å². The number of hydrogen-bond donors (Lipinski definition) is 1. The molecule has 0 aliphatic heterocycles. The first-order valence-electron chi connectivity index (χ1n) is 9.10. The molecule has 1 amide bonds. The Kier molecular flexibility index (Phi) is 4.81. The summed E-state index contributed by atoms with van der Waals surface area (Å²) in [4.78, 5) is 17.0. The maximum Gasteiger partial charge on any atom is 0.228 e. The van der Waals surface area contributed by atoms with E-state index in [1.807, 2.05) is 84.4 Å². The highest BCUT2D eigenvalue weighted by molar-refractivity contribution is 5.92. The molecule has 0 unspecified atom stereocenters. The summed E-state index contributed by atoms with van der Waals surface area (Å²) in [5, 5.41) is 2.95. The number of pyridine rings is 1. The number of carbonyl (C=O) groups is 1. The molecular formula is C23H21N3O2. The van der Waals surface area contributed by atoms with E-state index in [4.69, 9.17) is 4.74 Å². The van der Waals surface area contributed by atoms with Gasteiger partial charge in [-0.3, -0.25) is 4.79 Å². The molecule has 0 aliphatic rings. The molecule has 5 heteroatoms. The van der Waals surface area contributed by atoms with Crippen LogP contribution in [0, 0.1) is 6.92 Å². The lowest BCUT2D eigenvalue weighted by Crippen LogP contribution is -2.14. The third-order valence-corrected chi connectivity index (χ3v) is 4.65. The van der Waals surface area contributed by atoms with Gasteiger partial charge in [-0.05, 0) is 48.4 Å². The zero-order chi connectivity index (χ0) is 19.5. The quantitative estimate of drug-likeness (QED) is 0.562. The van der Waals surface area contributed by atoms with Gasteiger partial charge in [-0.2, -0.15) is 0 Å². The van der Waals surface area contributed by atoms with E-state index in [0.717, 1.165) is 39.5 Å². The standard InChI is InChI=1S/C23H21N3O2/c1-16-13-17(6-11-21(16)28-2)14-23(27)24-19-9-7-18(8-10-19)20-15-26-12-4-3-5-22(26)25-20/h3-13,15H,14H2,1-2H3,(H,24,27). The van der Waals surface area contributed by atoms with Gasteiger partial charge in [0.15, 0.2) is 0 Å². The average molecular weight is 371 g/mol. The summed E-state index contributed by atoms with van der Waals surface area (Å²) < 4.78 is 7.25. The number of hydrogen-bond acceptors (Lipinski definition) is 3. The van der Waals surface area contributed by atoms with Crippen molar-refractivity contribution in [3.05, 3.63) is 84.2 Å². The van der Waals surface area contributed by atoms with Gasteiger partial charge < -0.3 is 14.5 Å². The fourth-order valence-corrected chi connectivity index (χ4v) is 3.24. The molecule has 0 spiro atoms. The third kappa shape index (κ3) is 3.74. The third-order valence-electron chi connectivity index (χ3n) is 4.65. The molecule has 4 aromatic rings. The first kappa shape index (κ1) is 17.8. The number of amides is 1. The van der Waals surface area contributed by atoms with E-state index in [1.165, 1.54) is 0 Å². The summed E-state index contributed by atoms with van der Waals surface area (Å²) in [6.07, 6.45) is 4.29. The van der Waals surface area contributed by atoms with Crippen LogP contribution in [0.2, 0.25) is 0 Å². The van der Waals surface area contributed by atoms with Crippen LogP contribution in [0.4, 0.5) is 5.69 Å². The minimum absolute atomic E-state index is 0.0509. The number of benzene rings is 2. The van der Waals surface area contributed by atoms with Gasteiger partial charge >= 0.3 is 0 Å². The van der Waals surface area contributed by atoms with Crippen molar-refractivity contribution < 1.29 is 9.53 Å². The SMILES string of the molecule is COc1ccc(CC(=O)Nc2ccc(-c3cn4ccccc4n3)cc2)cc1C. The zero-order valence-electron chi connectivity index (χ0n) is 15.8. The van der Waals surface area contributed by atoms with Crippen LogP contribution in [0.25, 0.3) is 16.9 Å². The first-order chi connectivity index (χ1) is 13.6. The summed E-state index contributed by atoms with van der Waals surface area (Å²) in [5.41, 5.74) is 5.56. The summed E-state index contributed by atoms with van der Waals surface area (Å²) in [7, 11) is 1.64. The van der Waals surface area contributed by atoms with Gasteiger partial charge in [0.05, 0.1) is 19.2 Å². The van der Waals surface area contributed by atoms with Crippen molar-refractivity contribution >= 4 is 17.2 Å². The van der Waals surface area contributed by atoms with Gasteiger partial charge in [0.1, 0.15) is 11.4 Å². The van der Waals surface area contributed by atoms with Crippen LogP contribution in [0.5, 0.6) is 5.75 Å². The molecule has 140 valence electrons. The molecule has 5 nitrogen and oxygen atoms in total. The number of anilines is 1. The Labute approximate surface area is 163 Å². The van der Waals surface area contributed by atoms with Gasteiger partial charge in [0.25, 0.3) is 0 Å². The Hall–Kier alpha value is -3.60. The molecule has 0 atom stereocenters. The molecular weight excluding hydrogens is 350 g/mol. The molecule has 0 saturated heterocycles. The topological polar surface area (TPSA) is 55.6 Å². The molecule has 0 aliphatic carbocycles. The van der Waals surface area contributed by atoms with Gasteiger partial charge in [-0.25, -0.2) is 4.98 Å². The van der Waals surface area contributed by atoms with E-state index in [1.54, 1.807) is 7.11 Å². The number of rotatable bonds is 5. The van der Waals surface area contributed by atoms with Crippen molar-refractivity contribution in [2.45, 2.75) is 13.3 Å². The van der Waals surface area contributed by atoms with E-state index < -0.39 is 0 Å². The normalized spacial score (nSPS) is 10.8. The highest BCUT2D eigenvalue weighted by atomic mass is 16.5. The Morgan fingerprint density at radius 3 is 2.64 bits per heavy atom. The lowest BCUT2D eigenvalue weighted by molar-refractivity contribution is -0.115. The monoisotopic (exact) mass is 371 g/mol. The minimum atomic E-state index is -0.0509. The van der Waals surface area contributed by atoms with Gasteiger partial charge in [0.2, 0.25) is 5.91 Å². The number of fused-ring (bicyclic) bond motifs is 1. The van der Waals surface area contributed by atoms with Gasteiger partial charge in [-0.15, -0.1) is 0 Å². The van der Waals surface area contributed by atoms with E-state index in [-0.39, 0.29) is 5.91 Å². The van der Waals surface area contributed by atoms with Crippen LogP contribution in [0.15, 0.2) is 73.1 Å². The summed E-state index contributed by atoms with van der Waals surface area (Å²) in [5.74, 6) is 0.775. The highest BCUT2D eigenvalue weighted by Crippen LogP contribution is 2.22. The van der Waals surface area contributed by atoms with Gasteiger partial charge in [-0.1, -0.05) is 30.3 Å². The smallest absolute Gasteiger partial charge is 0.228 e. The molecule has 28 heavy (non-hydrogen) atoms. The van der Waals surface area contributed by atoms with E-state index in [0.29, 0.717) is 6.42 Å². The molecule has 4 rings (SSSR count). The van der Waals surface area contributed by atoms with E-state index in [2.05, 4.69) is 10.3 Å². The second-order valence-electron chi connectivity index (χ2n) is 6.70. The summed E-state index contributed by atoms with van der Waals surface area (Å²) in [6.45, 7) is 1.97. The Bertz CT molecular complexity index is 1100. The fraction of sp³-hybridized carbons (Fsp3) is 0.130. The van der Waals surface area contributed by atoms with Crippen LogP contribution >= 0.6 is 0 Å². The second-order valence-corrected chi connectivity index (χ2v) is 6.70. The lowest BCUT2D eigenvalue weighted by Gasteiger charge is -2.09. The number of carbonyl (C=O) groups excluding carboxylic acids is 1. The van der Waals surface area contributed by atoms with Crippen molar-refractivity contribution in [3.8, 4) is 17.0 Å². The molecule has 2 aromatic carbocycles. The second kappa shape index (κ2) is 7.56. The number of imidazole rings is 1. The molecule has 0 saturated carbocycles. The van der Waals surface area contributed by atoms with E-state index in [9.17, 15) is 4.79 Å². The minimum Gasteiger partial charge on any atom is -0.496 e. The zero-order valence-corrected chi connectivity index (χ0v) is 15.8. The number of ether oxygens (including phenoxy) is 1. The van der Waals surface area contributed by atoms with Crippen molar-refractivity contribution in [2.75, 3.05) is 12.4 Å². The van der Waals surface area contributed by atoms with Gasteiger partial charge in [0, 0.05) is 23.6 Å². The molecule has 0 radical (unpaired) electrons. The van der Waals surface area contributed by atoms with Crippen molar-refractivity contribution in [3.63, 3.8) is 0 Å². The Balaban J connectivity index is 1.44. The van der Waals surface area contributed by atoms with Crippen molar-refractivity contribution in [1.82, 2.24) is 9.38 Å². The predicted molar refractivity (Wildman–Crippen MR) is 111 cm³/mol. The lowest BCUT2D eigenvalue weighted by atomic mass is 10.1.